The standard InChI is InChI=1S/C30H36ClN3O5S/c1-20(2)32-30(36)23(5)33(18-24-8-7-9-27(17-24)39-6)29(35)19-34(26-13-10-21(3)22(4)16-26)40(37,38)28-14-11-25(31)12-15-28/h7-17,20,23H,18-19H2,1-6H3,(H,32,36). The Hall–Kier alpha value is -3.56. The van der Waals surface area contributed by atoms with E-state index in [0.717, 1.165) is 21.0 Å². The third-order valence-corrected chi connectivity index (χ3v) is 8.58. The molecule has 1 unspecified atom stereocenters. The van der Waals surface area contributed by atoms with Gasteiger partial charge in [-0.05, 0) is 99.8 Å². The molecule has 0 aromatic heterocycles. The van der Waals surface area contributed by atoms with E-state index in [4.69, 9.17) is 16.3 Å². The highest BCUT2D eigenvalue weighted by Gasteiger charge is 2.33. The van der Waals surface area contributed by atoms with Crippen LogP contribution in [0.15, 0.2) is 71.6 Å². The van der Waals surface area contributed by atoms with Crippen LogP contribution in [-0.2, 0) is 26.2 Å². The van der Waals surface area contributed by atoms with E-state index in [0.29, 0.717) is 16.5 Å². The molecule has 0 aliphatic carbocycles. The van der Waals surface area contributed by atoms with Gasteiger partial charge in [-0.25, -0.2) is 8.42 Å². The summed E-state index contributed by atoms with van der Waals surface area (Å²) < 4.78 is 34.2. The fourth-order valence-electron chi connectivity index (χ4n) is 4.10. The van der Waals surface area contributed by atoms with Gasteiger partial charge in [-0.15, -0.1) is 0 Å². The van der Waals surface area contributed by atoms with Gasteiger partial charge in [0.15, 0.2) is 0 Å². The highest BCUT2D eigenvalue weighted by atomic mass is 35.5. The van der Waals surface area contributed by atoms with Gasteiger partial charge in [0.1, 0.15) is 18.3 Å². The predicted octanol–water partition coefficient (Wildman–Crippen LogP) is 5.10. The fourth-order valence-corrected chi connectivity index (χ4v) is 5.63. The van der Waals surface area contributed by atoms with Crippen LogP contribution in [0, 0.1) is 13.8 Å². The van der Waals surface area contributed by atoms with Crippen molar-refractivity contribution in [2.45, 2.75) is 58.1 Å². The Labute approximate surface area is 241 Å². The lowest BCUT2D eigenvalue weighted by Gasteiger charge is -2.32. The molecule has 2 amide bonds. The van der Waals surface area contributed by atoms with E-state index < -0.39 is 28.5 Å². The van der Waals surface area contributed by atoms with Crippen molar-refractivity contribution in [2.24, 2.45) is 0 Å². The van der Waals surface area contributed by atoms with Crippen molar-refractivity contribution >= 4 is 39.1 Å². The van der Waals surface area contributed by atoms with E-state index >= 15 is 0 Å². The first kappa shape index (κ1) is 31.0. The molecule has 3 aromatic rings. The number of sulfonamides is 1. The number of carbonyl (C=O) groups excluding carboxylic acids is 2. The normalized spacial score (nSPS) is 12.1. The summed E-state index contributed by atoms with van der Waals surface area (Å²) in [6.45, 7) is 8.65. The first-order valence-corrected chi connectivity index (χ1v) is 14.7. The summed E-state index contributed by atoms with van der Waals surface area (Å²) in [5, 5.41) is 3.24. The molecule has 3 aromatic carbocycles. The number of ether oxygens (including phenoxy) is 1. The molecular formula is C30H36ClN3O5S. The molecule has 0 aliphatic rings. The van der Waals surface area contributed by atoms with Crippen LogP contribution >= 0.6 is 11.6 Å². The number of hydrogen-bond donors (Lipinski definition) is 1. The molecule has 0 bridgehead atoms. The van der Waals surface area contributed by atoms with E-state index in [1.165, 1.54) is 29.2 Å². The summed E-state index contributed by atoms with van der Waals surface area (Å²) >= 11 is 6.01. The average Bonchev–Trinajstić information content (AvgIpc) is 2.91. The number of nitrogens with zero attached hydrogens (tertiary/aromatic N) is 2. The lowest BCUT2D eigenvalue weighted by atomic mass is 10.1. The van der Waals surface area contributed by atoms with Gasteiger partial charge in [0, 0.05) is 17.6 Å². The summed E-state index contributed by atoms with van der Waals surface area (Å²) in [6, 6.07) is 17.2. The number of hydrogen-bond acceptors (Lipinski definition) is 5. The molecule has 40 heavy (non-hydrogen) atoms. The van der Waals surface area contributed by atoms with Crippen LogP contribution in [0.2, 0.25) is 5.02 Å². The van der Waals surface area contributed by atoms with Gasteiger partial charge in [-0.2, -0.15) is 0 Å². The molecule has 1 N–H and O–H groups in total. The van der Waals surface area contributed by atoms with Crippen LogP contribution < -0.4 is 14.4 Å². The molecule has 214 valence electrons. The van der Waals surface area contributed by atoms with Crippen molar-refractivity contribution in [3.63, 3.8) is 0 Å². The molecule has 10 heteroatoms. The zero-order valence-electron chi connectivity index (χ0n) is 23.6. The largest absolute Gasteiger partial charge is 0.497 e. The van der Waals surface area contributed by atoms with Crippen LogP contribution in [0.3, 0.4) is 0 Å². The Morgan fingerprint density at radius 3 is 2.23 bits per heavy atom. The Bertz CT molecular complexity index is 1460. The highest BCUT2D eigenvalue weighted by Crippen LogP contribution is 2.27. The first-order valence-electron chi connectivity index (χ1n) is 12.9. The number of nitrogens with one attached hydrogen (secondary N) is 1. The Balaban J connectivity index is 2.06. The number of halogens is 1. The third-order valence-electron chi connectivity index (χ3n) is 6.54. The van der Waals surface area contributed by atoms with E-state index in [-0.39, 0.29) is 23.4 Å². The van der Waals surface area contributed by atoms with Crippen molar-refractivity contribution in [3.05, 3.63) is 88.4 Å². The second-order valence-electron chi connectivity index (χ2n) is 9.95. The number of carbonyl (C=O) groups is 2. The van der Waals surface area contributed by atoms with Crippen LogP contribution in [0.25, 0.3) is 0 Å². The number of benzene rings is 3. The van der Waals surface area contributed by atoms with Crippen molar-refractivity contribution < 1.29 is 22.7 Å². The van der Waals surface area contributed by atoms with E-state index in [2.05, 4.69) is 5.32 Å². The van der Waals surface area contributed by atoms with Crippen molar-refractivity contribution in [1.82, 2.24) is 10.2 Å². The molecule has 0 saturated carbocycles. The molecule has 0 saturated heterocycles. The molecule has 0 spiro atoms. The topological polar surface area (TPSA) is 96.0 Å². The fraction of sp³-hybridized carbons (Fsp3) is 0.333. The lowest BCUT2D eigenvalue weighted by molar-refractivity contribution is -0.139. The zero-order valence-corrected chi connectivity index (χ0v) is 25.2. The summed E-state index contributed by atoms with van der Waals surface area (Å²) in [4.78, 5) is 28.4. The quantitative estimate of drug-likeness (QED) is 0.338. The van der Waals surface area contributed by atoms with Gasteiger partial charge < -0.3 is 15.0 Å². The molecule has 0 radical (unpaired) electrons. The number of anilines is 1. The summed E-state index contributed by atoms with van der Waals surface area (Å²) in [6.07, 6.45) is 0. The smallest absolute Gasteiger partial charge is 0.264 e. The van der Waals surface area contributed by atoms with Gasteiger partial charge in [-0.1, -0.05) is 29.8 Å². The van der Waals surface area contributed by atoms with E-state index in [1.807, 2.05) is 39.8 Å². The molecule has 0 fully saturated rings. The molecular weight excluding hydrogens is 550 g/mol. The molecule has 3 rings (SSSR count). The van der Waals surface area contributed by atoms with Gasteiger partial charge >= 0.3 is 0 Å². The SMILES string of the molecule is COc1cccc(CN(C(=O)CN(c2ccc(C)c(C)c2)S(=O)(=O)c2ccc(Cl)cc2)C(C)C(=O)NC(C)C)c1. The Morgan fingerprint density at radius 1 is 0.950 bits per heavy atom. The molecule has 1 atom stereocenters. The van der Waals surface area contributed by atoms with E-state index in [9.17, 15) is 18.0 Å². The number of rotatable bonds is 11. The van der Waals surface area contributed by atoms with Crippen LogP contribution in [0.1, 0.15) is 37.5 Å². The maximum atomic E-state index is 14.0. The molecule has 8 nitrogen and oxygen atoms in total. The summed E-state index contributed by atoms with van der Waals surface area (Å²) in [7, 11) is -2.63. The van der Waals surface area contributed by atoms with Crippen molar-refractivity contribution in [2.75, 3.05) is 18.0 Å². The average molecular weight is 586 g/mol. The van der Waals surface area contributed by atoms with Gasteiger partial charge in [0.25, 0.3) is 10.0 Å². The zero-order chi connectivity index (χ0) is 29.6. The van der Waals surface area contributed by atoms with E-state index in [1.54, 1.807) is 44.4 Å². The third kappa shape index (κ3) is 7.55. The maximum absolute atomic E-state index is 14.0. The number of aryl methyl sites for hydroxylation is 2. The lowest BCUT2D eigenvalue weighted by Crippen LogP contribution is -2.52. The Kier molecular flexibility index (Phi) is 10.2. The number of amides is 2. The minimum absolute atomic E-state index is 0.00660. The van der Waals surface area contributed by atoms with Crippen molar-refractivity contribution in [3.8, 4) is 5.75 Å². The maximum Gasteiger partial charge on any atom is 0.264 e. The van der Waals surface area contributed by atoms with Crippen molar-refractivity contribution in [1.29, 1.82) is 0 Å². The van der Waals surface area contributed by atoms with Gasteiger partial charge in [-0.3, -0.25) is 13.9 Å². The summed E-state index contributed by atoms with van der Waals surface area (Å²) in [5.74, 6) is -0.277. The minimum atomic E-state index is -4.17. The minimum Gasteiger partial charge on any atom is -0.497 e. The molecule has 0 heterocycles. The van der Waals surface area contributed by atoms with Crippen LogP contribution in [0.4, 0.5) is 5.69 Å². The molecule has 0 aliphatic heterocycles. The second kappa shape index (κ2) is 13.2. The number of methoxy groups -OCH3 is 1. The monoisotopic (exact) mass is 585 g/mol. The second-order valence-corrected chi connectivity index (χ2v) is 12.2. The highest BCUT2D eigenvalue weighted by molar-refractivity contribution is 7.92. The summed E-state index contributed by atoms with van der Waals surface area (Å²) in [5.41, 5.74) is 2.93. The van der Waals surface area contributed by atoms with Crippen LogP contribution in [-0.4, -0.2) is 50.9 Å². The predicted molar refractivity (Wildman–Crippen MR) is 158 cm³/mol. The first-order chi connectivity index (χ1) is 18.8. The van der Waals surface area contributed by atoms with Gasteiger partial charge in [0.05, 0.1) is 17.7 Å². The van der Waals surface area contributed by atoms with Gasteiger partial charge in [0.2, 0.25) is 11.8 Å². The Morgan fingerprint density at radius 2 is 1.62 bits per heavy atom. The van der Waals surface area contributed by atoms with Crippen LogP contribution in [0.5, 0.6) is 5.75 Å².